The van der Waals surface area contributed by atoms with E-state index < -0.39 is 0 Å². The van der Waals surface area contributed by atoms with E-state index in [4.69, 9.17) is 0 Å². The Bertz CT molecular complexity index is 445. The first-order valence-corrected chi connectivity index (χ1v) is 5.01. The van der Waals surface area contributed by atoms with Crippen molar-refractivity contribution in [1.82, 2.24) is 14.8 Å². The fourth-order valence-electron chi connectivity index (χ4n) is 1.67. The van der Waals surface area contributed by atoms with Gasteiger partial charge in [0.05, 0.1) is 5.69 Å². The molecule has 0 saturated carbocycles. The molecule has 74 valence electrons. The first-order chi connectivity index (χ1) is 6.74. The van der Waals surface area contributed by atoms with Gasteiger partial charge in [-0.2, -0.15) is 5.10 Å². The van der Waals surface area contributed by atoms with Crippen LogP contribution >= 0.6 is 0 Å². The summed E-state index contributed by atoms with van der Waals surface area (Å²) in [6, 6.07) is 4.06. The normalized spacial score (nSPS) is 13.4. The molecule has 0 saturated heterocycles. The summed E-state index contributed by atoms with van der Waals surface area (Å²) >= 11 is 0. The van der Waals surface area contributed by atoms with E-state index in [1.54, 1.807) is 0 Å². The summed E-state index contributed by atoms with van der Waals surface area (Å²) < 4.78 is 1.86. The van der Waals surface area contributed by atoms with Crippen LogP contribution in [0.1, 0.15) is 31.9 Å². The largest absolute Gasteiger partial charge is 0.250 e. The molecule has 2 heterocycles. The summed E-state index contributed by atoms with van der Waals surface area (Å²) in [6.45, 7) is 4.39. The summed E-state index contributed by atoms with van der Waals surface area (Å²) in [5.41, 5.74) is 2.14. The average molecular weight is 189 g/mol. The lowest BCUT2D eigenvalue weighted by Gasteiger charge is -2.03. The number of pyridine rings is 1. The monoisotopic (exact) mass is 189 g/mol. The molecule has 0 radical (unpaired) electrons. The number of hydrogen-bond acceptors (Lipinski definition) is 2. The highest BCUT2D eigenvalue weighted by Crippen LogP contribution is 2.24. The molecule has 0 bridgehead atoms. The number of fused-ring (bicyclic) bond motifs is 1. The van der Waals surface area contributed by atoms with Crippen molar-refractivity contribution in [3.63, 3.8) is 0 Å². The van der Waals surface area contributed by atoms with E-state index in [2.05, 4.69) is 30.0 Å². The third kappa shape index (κ3) is 1.29. The number of aromatic nitrogens is 3. The van der Waals surface area contributed by atoms with Crippen LogP contribution in [0.15, 0.2) is 18.3 Å². The predicted molar refractivity (Wildman–Crippen MR) is 57.2 cm³/mol. The molecule has 0 aliphatic carbocycles. The first kappa shape index (κ1) is 9.19. The van der Waals surface area contributed by atoms with Gasteiger partial charge in [-0.3, -0.25) is 4.68 Å². The minimum atomic E-state index is 0.503. The van der Waals surface area contributed by atoms with E-state index in [-0.39, 0.29) is 0 Å². The van der Waals surface area contributed by atoms with Crippen LogP contribution < -0.4 is 0 Å². The molecule has 3 heteroatoms. The van der Waals surface area contributed by atoms with Gasteiger partial charge in [0.15, 0.2) is 5.65 Å². The van der Waals surface area contributed by atoms with E-state index in [1.165, 1.54) is 5.39 Å². The second-order valence-electron chi connectivity index (χ2n) is 3.69. The highest BCUT2D eigenvalue weighted by atomic mass is 15.3. The van der Waals surface area contributed by atoms with Gasteiger partial charge in [0.1, 0.15) is 0 Å². The second-order valence-corrected chi connectivity index (χ2v) is 3.69. The van der Waals surface area contributed by atoms with Crippen LogP contribution in [0.25, 0.3) is 11.0 Å². The third-order valence-electron chi connectivity index (χ3n) is 2.71. The van der Waals surface area contributed by atoms with E-state index >= 15 is 0 Å². The summed E-state index contributed by atoms with van der Waals surface area (Å²) in [4.78, 5) is 4.32. The van der Waals surface area contributed by atoms with Crippen LogP contribution in [0.3, 0.4) is 0 Å². The van der Waals surface area contributed by atoms with Crippen LogP contribution in [0.4, 0.5) is 0 Å². The minimum absolute atomic E-state index is 0.503. The molecule has 0 aliphatic rings. The summed E-state index contributed by atoms with van der Waals surface area (Å²) in [5.74, 6) is 0.503. The molecule has 3 nitrogen and oxygen atoms in total. The Balaban J connectivity index is 2.66. The van der Waals surface area contributed by atoms with Gasteiger partial charge in [0, 0.05) is 24.5 Å². The molecule has 1 atom stereocenters. The van der Waals surface area contributed by atoms with Crippen molar-refractivity contribution in [2.45, 2.75) is 26.2 Å². The quantitative estimate of drug-likeness (QED) is 0.726. The molecule has 2 aromatic rings. The zero-order chi connectivity index (χ0) is 10.1. The van der Waals surface area contributed by atoms with Crippen molar-refractivity contribution >= 4 is 11.0 Å². The Morgan fingerprint density at radius 2 is 2.29 bits per heavy atom. The Kier molecular flexibility index (Phi) is 2.23. The number of nitrogens with zero attached hydrogens (tertiary/aromatic N) is 3. The van der Waals surface area contributed by atoms with E-state index in [0.29, 0.717) is 5.92 Å². The van der Waals surface area contributed by atoms with Gasteiger partial charge in [-0.05, 0) is 18.6 Å². The van der Waals surface area contributed by atoms with E-state index in [1.807, 2.05) is 24.0 Å². The van der Waals surface area contributed by atoms with Crippen molar-refractivity contribution in [2.24, 2.45) is 7.05 Å². The molecule has 0 amide bonds. The molecule has 2 rings (SSSR count). The average Bonchev–Trinajstić information content (AvgIpc) is 2.56. The molecule has 0 aromatic carbocycles. The first-order valence-electron chi connectivity index (χ1n) is 5.01. The van der Waals surface area contributed by atoms with Gasteiger partial charge in [-0.25, -0.2) is 4.98 Å². The lowest BCUT2D eigenvalue weighted by atomic mass is 10.0. The minimum Gasteiger partial charge on any atom is -0.250 e. The lowest BCUT2D eigenvalue weighted by molar-refractivity contribution is 0.672. The SMILES string of the molecule is CCC(C)c1nn(C)c2ncccc12. The van der Waals surface area contributed by atoms with Gasteiger partial charge in [-0.15, -0.1) is 0 Å². The maximum atomic E-state index is 4.51. The van der Waals surface area contributed by atoms with Gasteiger partial charge in [0.2, 0.25) is 0 Å². The summed E-state index contributed by atoms with van der Waals surface area (Å²) in [6.07, 6.45) is 2.92. The molecule has 0 spiro atoms. The maximum Gasteiger partial charge on any atom is 0.157 e. The zero-order valence-electron chi connectivity index (χ0n) is 8.86. The molecule has 0 fully saturated rings. The van der Waals surface area contributed by atoms with Crippen molar-refractivity contribution in [1.29, 1.82) is 0 Å². The van der Waals surface area contributed by atoms with Crippen LogP contribution in [-0.2, 0) is 7.05 Å². The summed E-state index contributed by atoms with van der Waals surface area (Å²) in [5, 5.41) is 5.70. The number of aryl methyl sites for hydroxylation is 1. The summed E-state index contributed by atoms with van der Waals surface area (Å²) in [7, 11) is 1.95. The molecule has 2 aromatic heterocycles. The van der Waals surface area contributed by atoms with Crippen LogP contribution in [0, 0.1) is 0 Å². The highest BCUT2D eigenvalue weighted by Gasteiger charge is 2.13. The van der Waals surface area contributed by atoms with Crippen molar-refractivity contribution in [3.05, 3.63) is 24.0 Å². The lowest BCUT2D eigenvalue weighted by Crippen LogP contribution is -1.95. The van der Waals surface area contributed by atoms with Crippen molar-refractivity contribution < 1.29 is 0 Å². The van der Waals surface area contributed by atoms with Crippen LogP contribution in [0.2, 0.25) is 0 Å². The number of rotatable bonds is 2. The van der Waals surface area contributed by atoms with Crippen LogP contribution in [-0.4, -0.2) is 14.8 Å². The van der Waals surface area contributed by atoms with Gasteiger partial charge < -0.3 is 0 Å². The molecular formula is C11H15N3. The molecule has 0 N–H and O–H groups in total. The van der Waals surface area contributed by atoms with Gasteiger partial charge >= 0.3 is 0 Å². The zero-order valence-corrected chi connectivity index (χ0v) is 8.86. The number of hydrogen-bond donors (Lipinski definition) is 0. The van der Waals surface area contributed by atoms with E-state index in [0.717, 1.165) is 17.8 Å². The van der Waals surface area contributed by atoms with Crippen molar-refractivity contribution in [2.75, 3.05) is 0 Å². The van der Waals surface area contributed by atoms with Gasteiger partial charge in [0.25, 0.3) is 0 Å². The maximum absolute atomic E-state index is 4.51. The fraction of sp³-hybridized carbons (Fsp3) is 0.455. The topological polar surface area (TPSA) is 30.7 Å². The Hall–Kier alpha value is -1.38. The Morgan fingerprint density at radius 3 is 3.00 bits per heavy atom. The standard InChI is InChI=1S/C11H15N3/c1-4-8(2)10-9-6-5-7-12-11(9)14(3)13-10/h5-8H,4H2,1-3H3. The molecule has 1 unspecified atom stereocenters. The third-order valence-corrected chi connectivity index (χ3v) is 2.71. The fourth-order valence-corrected chi connectivity index (χ4v) is 1.67. The molecular weight excluding hydrogens is 174 g/mol. The second kappa shape index (κ2) is 3.40. The molecule has 0 aliphatic heterocycles. The van der Waals surface area contributed by atoms with E-state index in [9.17, 15) is 0 Å². The highest BCUT2D eigenvalue weighted by molar-refractivity contribution is 5.78. The Labute approximate surface area is 83.8 Å². The van der Waals surface area contributed by atoms with Crippen LogP contribution in [0.5, 0.6) is 0 Å². The van der Waals surface area contributed by atoms with Gasteiger partial charge in [-0.1, -0.05) is 13.8 Å². The van der Waals surface area contributed by atoms with Crippen molar-refractivity contribution in [3.8, 4) is 0 Å². The smallest absolute Gasteiger partial charge is 0.157 e. The predicted octanol–water partition coefficient (Wildman–Crippen LogP) is 2.48. The molecule has 14 heavy (non-hydrogen) atoms. The Morgan fingerprint density at radius 1 is 1.50 bits per heavy atom.